The van der Waals surface area contributed by atoms with E-state index < -0.39 is 17.5 Å². The molecule has 1 aromatic carbocycles. The minimum Gasteiger partial charge on any atom is -0.376 e. The highest BCUT2D eigenvalue weighted by atomic mass is 35.5. The maximum atomic E-state index is 12.7. The maximum Gasteiger partial charge on any atom is 0.416 e. The summed E-state index contributed by atoms with van der Waals surface area (Å²) < 4.78 is 48.9. The van der Waals surface area contributed by atoms with Crippen molar-refractivity contribution < 1.29 is 22.6 Å². The van der Waals surface area contributed by atoms with Crippen molar-refractivity contribution in [3.8, 4) is 0 Å². The van der Waals surface area contributed by atoms with Crippen LogP contribution in [0.1, 0.15) is 19.4 Å². The van der Waals surface area contributed by atoms with Crippen LogP contribution in [0.25, 0.3) is 0 Å². The molecule has 0 saturated carbocycles. The predicted octanol–water partition coefficient (Wildman–Crippen LogP) is 3.92. The van der Waals surface area contributed by atoms with Gasteiger partial charge in [-0.05, 0) is 32.0 Å². The summed E-state index contributed by atoms with van der Waals surface area (Å²) in [6.45, 7) is 4.22. The molecular formula is C13H15ClF3NO2. The highest BCUT2D eigenvalue weighted by Gasteiger charge is 2.32. The molecule has 1 saturated heterocycles. The molecule has 0 bridgehead atoms. The molecule has 1 aromatic rings. The molecule has 2 rings (SSSR count). The van der Waals surface area contributed by atoms with Gasteiger partial charge in [-0.25, -0.2) is 0 Å². The first-order valence-corrected chi connectivity index (χ1v) is 6.46. The van der Waals surface area contributed by atoms with E-state index in [1.165, 1.54) is 6.07 Å². The van der Waals surface area contributed by atoms with Gasteiger partial charge in [-0.2, -0.15) is 13.2 Å². The molecule has 3 nitrogen and oxygen atoms in total. The Kier molecular flexibility index (Phi) is 4.18. The molecule has 0 amide bonds. The number of alkyl halides is 3. The zero-order valence-electron chi connectivity index (χ0n) is 11.1. The Balaban J connectivity index is 2.10. The third kappa shape index (κ3) is 3.77. The van der Waals surface area contributed by atoms with Gasteiger partial charge in [-0.1, -0.05) is 11.6 Å². The van der Waals surface area contributed by atoms with Gasteiger partial charge in [0.2, 0.25) is 0 Å². The molecule has 0 aliphatic carbocycles. The maximum absolute atomic E-state index is 12.7. The summed E-state index contributed by atoms with van der Waals surface area (Å²) in [5.41, 5.74) is -0.527. The molecule has 1 fully saturated rings. The number of hydrogen-bond acceptors (Lipinski definition) is 3. The second-order valence-corrected chi connectivity index (χ2v) is 5.46. The fourth-order valence-corrected chi connectivity index (χ4v) is 1.98. The van der Waals surface area contributed by atoms with Crippen molar-refractivity contribution in [1.29, 1.82) is 0 Å². The Morgan fingerprint density at radius 1 is 1.25 bits per heavy atom. The first kappa shape index (κ1) is 15.4. The number of benzene rings is 1. The molecule has 112 valence electrons. The highest BCUT2D eigenvalue weighted by molar-refractivity contribution is 6.33. The number of hydrogen-bond donors (Lipinski definition) is 1. The lowest BCUT2D eigenvalue weighted by Crippen LogP contribution is -2.45. The van der Waals surface area contributed by atoms with E-state index in [9.17, 15) is 13.2 Å². The second kappa shape index (κ2) is 5.42. The third-order valence-corrected chi connectivity index (χ3v) is 3.25. The van der Waals surface area contributed by atoms with Gasteiger partial charge < -0.3 is 14.8 Å². The number of halogens is 4. The summed E-state index contributed by atoms with van der Waals surface area (Å²) in [5.74, 6) is -0.671. The van der Waals surface area contributed by atoms with Crippen LogP contribution in [0.15, 0.2) is 18.2 Å². The molecule has 1 aliphatic rings. The van der Waals surface area contributed by atoms with Crippen molar-refractivity contribution in [3.05, 3.63) is 28.8 Å². The summed E-state index contributed by atoms with van der Waals surface area (Å²) in [5, 5.41) is 3.14. The van der Waals surface area contributed by atoms with Crippen LogP contribution >= 0.6 is 11.6 Å². The number of rotatable bonds is 2. The Morgan fingerprint density at radius 3 is 2.40 bits per heavy atom. The average Bonchev–Trinajstić information content (AvgIpc) is 2.33. The first-order valence-electron chi connectivity index (χ1n) is 6.08. The summed E-state index contributed by atoms with van der Waals surface area (Å²) in [7, 11) is 0. The molecule has 7 heteroatoms. The molecule has 0 spiro atoms. The van der Waals surface area contributed by atoms with Crippen molar-refractivity contribution in [2.75, 3.05) is 18.5 Å². The topological polar surface area (TPSA) is 30.5 Å². The lowest BCUT2D eigenvalue weighted by molar-refractivity contribution is -0.247. The Labute approximate surface area is 120 Å². The van der Waals surface area contributed by atoms with Crippen LogP contribution in [0, 0.1) is 0 Å². The van der Waals surface area contributed by atoms with E-state index in [1.807, 2.05) is 0 Å². The van der Waals surface area contributed by atoms with Gasteiger partial charge in [0.05, 0.1) is 35.5 Å². The summed E-state index contributed by atoms with van der Waals surface area (Å²) in [4.78, 5) is 0. The molecule has 1 N–H and O–H groups in total. The SMILES string of the molecule is CC1(C)OCC(Nc2cc(C(F)(F)F)ccc2Cl)CO1. The quantitative estimate of drug-likeness (QED) is 0.898. The number of anilines is 1. The van der Waals surface area contributed by atoms with Gasteiger partial charge in [-0.15, -0.1) is 0 Å². The predicted molar refractivity (Wildman–Crippen MR) is 69.8 cm³/mol. The van der Waals surface area contributed by atoms with Crippen molar-refractivity contribution in [3.63, 3.8) is 0 Å². The second-order valence-electron chi connectivity index (χ2n) is 5.06. The fraction of sp³-hybridized carbons (Fsp3) is 0.538. The van der Waals surface area contributed by atoms with Crippen LogP contribution < -0.4 is 5.32 Å². The van der Waals surface area contributed by atoms with Gasteiger partial charge in [-0.3, -0.25) is 0 Å². The standard InChI is InChI=1S/C13H15ClF3NO2/c1-12(2)19-6-9(7-20-12)18-11-5-8(13(15,16)17)3-4-10(11)14/h3-5,9,18H,6-7H2,1-2H3. The van der Waals surface area contributed by atoms with Crippen LogP contribution in [0.5, 0.6) is 0 Å². The summed E-state index contributed by atoms with van der Waals surface area (Å²) >= 11 is 5.91. The lowest BCUT2D eigenvalue weighted by Gasteiger charge is -2.35. The Hall–Kier alpha value is -0.980. The molecule has 0 aromatic heterocycles. The van der Waals surface area contributed by atoms with Gasteiger partial charge >= 0.3 is 6.18 Å². The van der Waals surface area contributed by atoms with Crippen molar-refractivity contribution in [1.82, 2.24) is 0 Å². The zero-order chi connectivity index (χ0) is 15.0. The van der Waals surface area contributed by atoms with Crippen LogP contribution in [0.3, 0.4) is 0 Å². The molecule has 1 aliphatic heterocycles. The van der Waals surface area contributed by atoms with Crippen LogP contribution in [-0.2, 0) is 15.7 Å². The van der Waals surface area contributed by atoms with Crippen LogP contribution in [-0.4, -0.2) is 25.0 Å². The number of ether oxygens (including phenoxy) is 2. The highest BCUT2D eigenvalue weighted by Crippen LogP contribution is 2.34. The van der Waals surface area contributed by atoms with E-state index in [0.29, 0.717) is 13.2 Å². The molecule has 0 atom stereocenters. The van der Waals surface area contributed by atoms with Crippen molar-refractivity contribution in [2.24, 2.45) is 0 Å². The average molecular weight is 310 g/mol. The largest absolute Gasteiger partial charge is 0.416 e. The van der Waals surface area contributed by atoms with E-state index in [1.54, 1.807) is 13.8 Å². The minimum atomic E-state index is -4.40. The Morgan fingerprint density at radius 2 is 1.85 bits per heavy atom. The molecule has 0 unspecified atom stereocenters. The van der Waals surface area contributed by atoms with E-state index in [-0.39, 0.29) is 16.8 Å². The minimum absolute atomic E-state index is 0.221. The molecule has 20 heavy (non-hydrogen) atoms. The zero-order valence-corrected chi connectivity index (χ0v) is 11.8. The molecular weight excluding hydrogens is 295 g/mol. The molecule has 1 heterocycles. The van der Waals surface area contributed by atoms with Gasteiger partial charge in [0, 0.05) is 0 Å². The first-order chi connectivity index (χ1) is 9.17. The normalized spacial score (nSPS) is 19.9. The van der Waals surface area contributed by atoms with E-state index in [2.05, 4.69) is 5.32 Å². The fourth-order valence-electron chi connectivity index (χ4n) is 1.81. The van der Waals surface area contributed by atoms with E-state index in [4.69, 9.17) is 21.1 Å². The smallest absolute Gasteiger partial charge is 0.376 e. The van der Waals surface area contributed by atoms with E-state index in [0.717, 1.165) is 12.1 Å². The van der Waals surface area contributed by atoms with Gasteiger partial charge in [0.15, 0.2) is 5.79 Å². The Bertz CT molecular complexity index is 481. The van der Waals surface area contributed by atoms with Crippen molar-refractivity contribution in [2.45, 2.75) is 31.9 Å². The van der Waals surface area contributed by atoms with Gasteiger partial charge in [0.1, 0.15) is 0 Å². The molecule has 0 radical (unpaired) electrons. The number of nitrogens with one attached hydrogen (secondary N) is 1. The van der Waals surface area contributed by atoms with E-state index >= 15 is 0 Å². The van der Waals surface area contributed by atoms with Gasteiger partial charge in [0.25, 0.3) is 0 Å². The van der Waals surface area contributed by atoms with Crippen molar-refractivity contribution >= 4 is 17.3 Å². The third-order valence-electron chi connectivity index (χ3n) is 2.92. The summed E-state index contributed by atoms with van der Waals surface area (Å²) in [6.07, 6.45) is -4.40. The van der Waals surface area contributed by atoms with Crippen LogP contribution in [0.4, 0.5) is 18.9 Å². The van der Waals surface area contributed by atoms with Crippen LogP contribution in [0.2, 0.25) is 5.02 Å². The summed E-state index contributed by atoms with van der Waals surface area (Å²) in [6, 6.07) is 2.91. The monoisotopic (exact) mass is 309 g/mol. The lowest BCUT2D eigenvalue weighted by atomic mass is 10.1.